The third-order valence-corrected chi connectivity index (χ3v) is 3.88. The Labute approximate surface area is 140 Å². The van der Waals surface area contributed by atoms with E-state index in [-0.39, 0.29) is 24.3 Å². The predicted octanol–water partition coefficient (Wildman–Crippen LogP) is 3.01. The summed E-state index contributed by atoms with van der Waals surface area (Å²) in [4.78, 5) is 11.9. The summed E-state index contributed by atoms with van der Waals surface area (Å²) in [6, 6.07) is 12.2. The van der Waals surface area contributed by atoms with E-state index in [9.17, 15) is 18.7 Å². The van der Waals surface area contributed by atoms with Gasteiger partial charge < -0.3 is 10.4 Å². The summed E-state index contributed by atoms with van der Waals surface area (Å²) in [6.45, 7) is 1.72. The van der Waals surface area contributed by atoms with Gasteiger partial charge in [-0.1, -0.05) is 30.3 Å². The fraction of sp³-hybridized carbons (Fsp3) is 0.316. The highest BCUT2D eigenvalue weighted by Gasteiger charge is 2.17. The summed E-state index contributed by atoms with van der Waals surface area (Å²) in [5.74, 6) is -1.36. The lowest BCUT2D eigenvalue weighted by atomic mass is 10.0. The number of hydrogen-bond acceptors (Lipinski definition) is 2. The molecular weight excluding hydrogens is 312 g/mol. The van der Waals surface area contributed by atoms with Crippen molar-refractivity contribution >= 4 is 5.91 Å². The Morgan fingerprint density at radius 1 is 1.17 bits per heavy atom. The third-order valence-electron chi connectivity index (χ3n) is 3.88. The molecule has 24 heavy (non-hydrogen) atoms. The van der Waals surface area contributed by atoms with E-state index in [1.54, 1.807) is 6.92 Å². The standard InChI is InChI=1S/C19H21F2NO2/c1-13(18(23)11-14-5-3-2-4-6-14)22-19(24)10-7-15-12-16(20)8-9-17(15)21/h2-6,8-9,12-13,18,23H,7,10-11H2,1H3,(H,22,24). The second-order valence-electron chi connectivity index (χ2n) is 5.85. The third kappa shape index (κ3) is 5.42. The summed E-state index contributed by atoms with van der Waals surface area (Å²) in [6.07, 6.45) is -0.150. The molecule has 0 aliphatic rings. The van der Waals surface area contributed by atoms with E-state index in [1.165, 1.54) is 0 Å². The monoisotopic (exact) mass is 333 g/mol. The molecule has 3 nitrogen and oxygen atoms in total. The van der Waals surface area contributed by atoms with Gasteiger partial charge in [-0.3, -0.25) is 4.79 Å². The molecule has 0 spiro atoms. The average molecular weight is 333 g/mol. The van der Waals surface area contributed by atoms with Crippen molar-refractivity contribution in [1.82, 2.24) is 5.32 Å². The van der Waals surface area contributed by atoms with Crippen LogP contribution in [0.25, 0.3) is 0 Å². The van der Waals surface area contributed by atoms with E-state index in [1.807, 2.05) is 30.3 Å². The Kier molecular flexibility index (Phi) is 6.44. The van der Waals surface area contributed by atoms with E-state index in [0.29, 0.717) is 6.42 Å². The van der Waals surface area contributed by atoms with E-state index < -0.39 is 23.8 Å². The molecule has 0 aliphatic heterocycles. The summed E-state index contributed by atoms with van der Waals surface area (Å²) in [7, 11) is 0. The number of rotatable bonds is 7. The summed E-state index contributed by atoms with van der Waals surface area (Å²) < 4.78 is 26.6. The Morgan fingerprint density at radius 2 is 1.88 bits per heavy atom. The van der Waals surface area contributed by atoms with Gasteiger partial charge in [-0.05, 0) is 42.7 Å². The van der Waals surface area contributed by atoms with Gasteiger partial charge in [0.1, 0.15) is 11.6 Å². The van der Waals surface area contributed by atoms with Gasteiger partial charge in [0, 0.05) is 12.8 Å². The molecule has 2 N–H and O–H groups in total. The van der Waals surface area contributed by atoms with Crippen LogP contribution in [0.2, 0.25) is 0 Å². The molecule has 0 fully saturated rings. The zero-order chi connectivity index (χ0) is 17.5. The summed E-state index contributed by atoms with van der Waals surface area (Å²) in [5.41, 5.74) is 1.15. The molecule has 0 heterocycles. The van der Waals surface area contributed by atoms with Gasteiger partial charge in [-0.25, -0.2) is 8.78 Å². The minimum Gasteiger partial charge on any atom is -0.391 e. The fourth-order valence-electron chi connectivity index (χ4n) is 2.44. The highest BCUT2D eigenvalue weighted by Crippen LogP contribution is 2.12. The molecule has 2 rings (SSSR count). The van der Waals surface area contributed by atoms with Gasteiger partial charge in [0.2, 0.25) is 5.91 Å². The molecule has 2 unspecified atom stereocenters. The normalized spacial score (nSPS) is 13.3. The van der Waals surface area contributed by atoms with Gasteiger partial charge in [0.25, 0.3) is 0 Å². The number of benzene rings is 2. The smallest absolute Gasteiger partial charge is 0.220 e. The highest BCUT2D eigenvalue weighted by molar-refractivity contribution is 5.76. The summed E-state index contributed by atoms with van der Waals surface area (Å²) in [5, 5.41) is 12.9. The number of aliphatic hydroxyl groups excluding tert-OH is 1. The minimum absolute atomic E-state index is 0.0305. The maximum Gasteiger partial charge on any atom is 0.220 e. The average Bonchev–Trinajstić information content (AvgIpc) is 2.56. The van der Waals surface area contributed by atoms with Crippen molar-refractivity contribution in [2.45, 2.75) is 38.3 Å². The first-order valence-electron chi connectivity index (χ1n) is 7.91. The van der Waals surface area contributed by atoms with Crippen LogP contribution in [-0.2, 0) is 17.6 Å². The molecule has 0 saturated carbocycles. The Balaban J connectivity index is 1.81. The van der Waals surface area contributed by atoms with Gasteiger partial charge >= 0.3 is 0 Å². The Hall–Kier alpha value is -2.27. The highest BCUT2D eigenvalue weighted by atomic mass is 19.1. The number of nitrogens with one attached hydrogen (secondary N) is 1. The number of aryl methyl sites for hydroxylation is 1. The van der Waals surface area contributed by atoms with Crippen molar-refractivity contribution in [3.8, 4) is 0 Å². The predicted molar refractivity (Wildman–Crippen MR) is 88.4 cm³/mol. The van der Waals surface area contributed by atoms with Crippen molar-refractivity contribution in [2.75, 3.05) is 0 Å². The van der Waals surface area contributed by atoms with Gasteiger partial charge in [-0.2, -0.15) is 0 Å². The Morgan fingerprint density at radius 3 is 2.58 bits per heavy atom. The Bertz CT molecular complexity index is 676. The lowest BCUT2D eigenvalue weighted by molar-refractivity contribution is -0.122. The van der Waals surface area contributed by atoms with E-state index in [0.717, 1.165) is 23.8 Å². The first kappa shape index (κ1) is 18.1. The zero-order valence-electron chi connectivity index (χ0n) is 13.5. The fourth-order valence-corrected chi connectivity index (χ4v) is 2.44. The lowest BCUT2D eigenvalue weighted by Gasteiger charge is -2.20. The van der Waals surface area contributed by atoms with Crippen LogP contribution in [0.3, 0.4) is 0 Å². The van der Waals surface area contributed by atoms with Crippen molar-refractivity contribution in [1.29, 1.82) is 0 Å². The molecular formula is C19H21F2NO2. The molecule has 0 radical (unpaired) electrons. The number of carbonyl (C=O) groups is 1. The van der Waals surface area contributed by atoms with Gasteiger partial charge in [-0.15, -0.1) is 0 Å². The van der Waals surface area contributed by atoms with Crippen LogP contribution in [0.15, 0.2) is 48.5 Å². The summed E-state index contributed by atoms with van der Waals surface area (Å²) >= 11 is 0. The van der Waals surface area contributed by atoms with E-state index in [4.69, 9.17) is 0 Å². The molecule has 1 amide bonds. The number of carbonyl (C=O) groups excluding carboxylic acids is 1. The maximum atomic E-state index is 13.5. The number of aliphatic hydroxyl groups is 1. The van der Waals surface area contributed by atoms with Crippen LogP contribution in [-0.4, -0.2) is 23.2 Å². The van der Waals surface area contributed by atoms with Crippen LogP contribution >= 0.6 is 0 Å². The molecule has 5 heteroatoms. The number of amides is 1. The first-order valence-corrected chi connectivity index (χ1v) is 7.91. The molecule has 2 atom stereocenters. The molecule has 128 valence electrons. The van der Waals surface area contributed by atoms with Crippen molar-refractivity contribution in [3.05, 3.63) is 71.3 Å². The zero-order valence-corrected chi connectivity index (χ0v) is 13.5. The molecule has 2 aromatic carbocycles. The van der Waals surface area contributed by atoms with Crippen LogP contribution in [0, 0.1) is 11.6 Å². The number of halogens is 2. The van der Waals surface area contributed by atoms with Crippen LogP contribution in [0.4, 0.5) is 8.78 Å². The SMILES string of the molecule is CC(NC(=O)CCc1cc(F)ccc1F)C(O)Cc1ccccc1. The largest absolute Gasteiger partial charge is 0.391 e. The topological polar surface area (TPSA) is 49.3 Å². The second-order valence-corrected chi connectivity index (χ2v) is 5.85. The molecule has 0 aliphatic carbocycles. The van der Waals surface area contributed by atoms with Crippen molar-refractivity contribution < 1.29 is 18.7 Å². The molecule has 0 aromatic heterocycles. The molecule has 2 aromatic rings. The second kappa shape index (κ2) is 8.55. The quantitative estimate of drug-likeness (QED) is 0.818. The van der Waals surface area contributed by atoms with Crippen molar-refractivity contribution in [2.24, 2.45) is 0 Å². The molecule has 0 saturated heterocycles. The lowest BCUT2D eigenvalue weighted by Crippen LogP contribution is -2.42. The maximum absolute atomic E-state index is 13.5. The van der Waals surface area contributed by atoms with E-state index in [2.05, 4.69) is 5.32 Å². The minimum atomic E-state index is -0.720. The van der Waals surface area contributed by atoms with Gasteiger partial charge in [0.05, 0.1) is 12.1 Å². The first-order chi connectivity index (χ1) is 11.5. The van der Waals surface area contributed by atoms with Crippen LogP contribution in [0.1, 0.15) is 24.5 Å². The van der Waals surface area contributed by atoms with Crippen LogP contribution < -0.4 is 5.32 Å². The van der Waals surface area contributed by atoms with E-state index >= 15 is 0 Å². The van der Waals surface area contributed by atoms with Crippen molar-refractivity contribution in [3.63, 3.8) is 0 Å². The van der Waals surface area contributed by atoms with Gasteiger partial charge in [0.15, 0.2) is 0 Å². The van der Waals surface area contributed by atoms with Crippen LogP contribution in [0.5, 0.6) is 0 Å². The number of hydrogen-bond donors (Lipinski definition) is 2. The molecule has 0 bridgehead atoms.